The molecule has 0 saturated carbocycles. The lowest BCUT2D eigenvalue weighted by Gasteiger charge is -2.12. The van der Waals surface area contributed by atoms with Crippen molar-refractivity contribution >= 4 is 11.9 Å². The fraction of sp³-hybridized carbons (Fsp3) is 0.286. The predicted octanol–water partition coefficient (Wildman–Crippen LogP) is 2.25. The third-order valence-electron chi connectivity index (χ3n) is 4.49. The summed E-state index contributed by atoms with van der Waals surface area (Å²) in [4.78, 5) is 24.1. The number of H-pyrrole nitrogens is 1. The van der Waals surface area contributed by atoms with Crippen LogP contribution in [-0.4, -0.2) is 50.3 Å². The molecule has 0 radical (unpaired) electrons. The Bertz CT molecular complexity index is 986. The minimum absolute atomic E-state index is 0.0260. The van der Waals surface area contributed by atoms with Gasteiger partial charge in [-0.2, -0.15) is 0 Å². The predicted molar refractivity (Wildman–Crippen MR) is 111 cm³/mol. The van der Waals surface area contributed by atoms with Crippen molar-refractivity contribution < 1.29 is 15.0 Å². The number of amides is 1. The molecule has 152 valence electrons. The van der Waals surface area contributed by atoms with Crippen LogP contribution in [-0.2, 0) is 6.42 Å². The molecule has 5 N–H and O–H groups in total. The maximum Gasteiger partial charge on any atom is 0.267 e. The molecule has 0 fully saturated rings. The number of nitrogens with zero attached hydrogens (tertiary/aromatic N) is 2. The Morgan fingerprint density at radius 2 is 2.10 bits per heavy atom. The zero-order valence-corrected chi connectivity index (χ0v) is 16.4. The number of aliphatic hydroxyl groups excluding tert-OH is 1. The van der Waals surface area contributed by atoms with Gasteiger partial charge in [0.15, 0.2) is 0 Å². The van der Waals surface area contributed by atoms with E-state index in [9.17, 15) is 15.0 Å². The number of aromatic hydroxyl groups is 1. The van der Waals surface area contributed by atoms with Crippen LogP contribution in [0.1, 0.15) is 28.5 Å². The zero-order valence-electron chi connectivity index (χ0n) is 16.4. The van der Waals surface area contributed by atoms with Crippen molar-refractivity contribution in [3.63, 3.8) is 0 Å². The quantitative estimate of drug-likeness (QED) is 0.399. The Hall–Kier alpha value is -3.39. The molecule has 0 spiro atoms. The molecule has 29 heavy (non-hydrogen) atoms. The number of nitrogens with one attached hydrogen (secondary N) is 3. The summed E-state index contributed by atoms with van der Waals surface area (Å²) in [5.74, 6) is 0.413. The molecule has 0 aliphatic heterocycles. The number of phenolic OH excluding ortho intramolecular Hbond substituents is 1. The van der Waals surface area contributed by atoms with E-state index in [0.29, 0.717) is 30.3 Å². The topological polar surface area (TPSA) is 123 Å². The molecule has 0 saturated heterocycles. The molecule has 2 aromatic heterocycles. The third kappa shape index (κ3) is 5.11. The van der Waals surface area contributed by atoms with E-state index in [4.69, 9.17) is 0 Å². The lowest BCUT2D eigenvalue weighted by molar-refractivity contribution is 0.0949. The van der Waals surface area contributed by atoms with Crippen LogP contribution in [0.15, 0.2) is 42.7 Å². The van der Waals surface area contributed by atoms with Gasteiger partial charge in [0, 0.05) is 30.5 Å². The number of aliphatic hydroxyl groups is 1. The van der Waals surface area contributed by atoms with Gasteiger partial charge in [0.1, 0.15) is 11.4 Å². The Morgan fingerprint density at radius 3 is 2.86 bits per heavy atom. The number of benzene rings is 1. The average Bonchev–Trinajstić information content (AvgIpc) is 3.21. The van der Waals surface area contributed by atoms with Crippen LogP contribution < -0.4 is 10.6 Å². The molecule has 1 atom stereocenters. The number of aromatic amines is 1. The highest BCUT2D eigenvalue weighted by Crippen LogP contribution is 2.23. The van der Waals surface area contributed by atoms with E-state index in [1.165, 1.54) is 0 Å². The number of carbonyl (C=O) groups is 1. The molecule has 0 aliphatic rings. The second-order valence-corrected chi connectivity index (χ2v) is 6.89. The lowest BCUT2D eigenvalue weighted by atomic mass is 10.1. The second kappa shape index (κ2) is 9.20. The fourth-order valence-corrected chi connectivity index (χ4v) is 2.86. The summed E-state index contributed by atoms with van der Waals surface area (Å²) in [7, 11) is 0. The molecule has 2 heterocycles. The first-order valence-corrected chi connectivity index (χ1v) is 9.43. The van der Waals surface area contributed by atoms with Gasteiger partial charge in [-0.15, -0.1) is 0 Å². The molecule has 0 aliphatic carbocycles. The smallest absolute Gasteiger partial charge is 0.267 e. The second-order valence-electron chi connectivity index (χ2n) is 6.89. The number of carbonyl (C=O) groups excluding carboxylic acids is 1. The Labute approximate surface area is 169 Å². The molecule has 1 aromatic carbocycles. The third-order valence-corrected chi connectivity index (χ3v) is 4.49. The maximum absolute atomic E-state index is 12.4. The van der Waals surface area contributed by atoms with Crippen LogP contribution in [0.2, 0.25) is 0 Å². The molecular formula is C21H25N5O3. The summed E-state index contributed by atoms with van der Waals surface area (Å²) in [6.45, 7) is 4.11. The highest BCUT2D eigenvalue weighted by atomic mass is 16.3. The van der Waals surface area contributed by atoms with E-state index in [1.54, 1.807) is 30.6 Å². The van der Waals surface area contributed by atoms with Crippen molar-refractivity contribution in [1.82, 2.24) is 20.3 Å². The van der Waals surface area contributed by atoms with Crippen molar-refractivity contribution in [3.05, 3.63) is 59.5 Å². The summed E-state index contributed by atoms with van der Waals surface area (Å²) in [5, 5.41) is 24.8. The lowest BCUT2D eigenvalue weighted by Crippen LogP contribution is -2.25. The molecular weight excluding hydrogens is 370 g/mol. The van der Waals surface area contributed by atoms with Gasteiger partial charge >= 0.3 is 0 Å². The minimum Gasteiger partial charge on any atom is -0.508 e. The van der Waals surface area contributed by atoms with Gasteiger partial charge in [0.05, 0.1) is 12.3 Å². The van der Waals surface area contributed by atoms with Crippen LogP contribution in [0.3, 0.4) is 0 Å². The van der Waals surface area contributed by atoms with Crippen LogP contribution in [0.4, 0.5) is 5.95 Å². The van der Waals surface area contributed by atoms with Gasteiger partial charge in [-0.25, -0.2) is 9.97 Å². The van der Waals surface area contributed by atoms with Gasteiger partial charge in [0.25, 0.3) is 5.91 Å². The number of aromatic nitrogens is 3. The normalized spacial score (nSPS) is 11.8. The van der Waals surface area contributed by atoms with E-state index in [2.05, 4.69) is 25.6 Å². The largest absolute Gasteiger partial charge is 0.508 e. The highest BCUT2D eigenvalue weighted by molar-refractivity contribution is 5.93. The molecule has 8 nitrogen and oxygen atoms in total. The van der Waals surface area contributed by atoms with Gasteiger partial charge < -0.3 is 25.8 Å². The maximum atomic E-state index is 12.4. The molecule has 0 bridgehead atoms. The van der Waals surface area contributed by atoms with Gasteiger partial charge in [0.2, 0.25) is 5.95 Å². The number of phenols is 1. The summed E-state index contributed by atoms with van der Waals surface area (Å²) >= 11 is 0. The van der Waals surface area contributed by atoms with Gasteiger partial charge in [-0.05, 0) is 43.5 Å². The zero-order chi connectivity index (χ0) is 20.8. The van der Waals surface area contributed by atoms with Crippen LogP contribution in [0.5, 0.6) is 5.75 Å². The molecule has 1 amide bonds. The summed E-state index contributed by atoms with van der Waals surface area (Å²) < 4.78 is 0. The van der Waals surface area contributed by atoms with E-state index in [-0.39, 0.29) is 24.3 Å². The van der Waals surface area contributed by atoms with Crippen molar-refractivity contribution in [3.8, 4) is 17.0 Å². The Kier molecular flexibility index (Phi) is 6.46. The van der Waals surface area contributed by atoms with Crippen molar-refractivity contribution in [2.24, 2.45) is 0 Å². The standard InChI is InChI=1S/C21H25N5O3/c1-13-10-24-21(25-14(2)12-27)26-19(13)16-9-17(23-11-16)20(29)22-8-7-15-5-3-4-6-18(15)28/h3-6,9-11,14,23,27-28H,7-8,12H2,1-2H3,(H,22,29)(H,24,25,26). The molecule has 8 heteroatoms. The number of anilines is 1. The van der Waals surface area contributed by atoms with Crippen molar-refractivity contribution in [1.29, 1.82) is 0 Å². The molecule has 3 rings (SSSR count). The van der Waals surface area contributed by atoms with Crippen LogP contribution in [0, 0.1) is 6.92 Å². The number of hydrogen-bond donors (Lipinski definition) is 5. The Balaban J connectivity index is 1.66. The van der Waals surface area contributed by atoms with Crippen LogP contribution in [0.25, 0.3) is 11.3 Å². The van der Waals surface area contributed by atoms with Gasteiger partial charge in [-0.1, -0.05) is 18.2 Å². The van der Waals surface area contributed by atoms with E-state index in [0.717, 1.165) is 16.7 Å². The van der Waals surface area contributed by atoms with Crippen molar-refractivity contribution in [2.75, 3.05) is 18.5 Å². The number of aryl methyl sites for hydroxylation is 1. The number of para-hydroxylation sites is 1. The van der Waals surface area contributed by atoms with E-state index < -0.39 is 0 Å². The Morgan fingerprint density at radius 1 is 1.31 bits per heavy atom. The van der Waals surface area contributed by atoms with Crippen molar-refractivity contribution in [2.45, 2.75) is 26.3 Å². The van der Waals surface area contributed by atoms with Crippen LogP contribution >= 0.6 is 0 Å². The fourth-order valence-electron chi connectivity index (χ4n) is 2.86. The number of hydrogen-bond acceptors (Lipinski definition) is 6. The molecule has 1 unspecified atom stereocenters. The van der Waals surface area contributed by atoms with E-state index in [1.807, 2.05) is 26.0 Å². The average molecular weight is 395 g/mol. The highest BCUT2D eigenvalue weighted by Gasteiger charge is 2.13. The first kappa shape index (κ1) is 20.3. The molecule has 3 aromatic rings. The SMILES string of the molecule is Cc1cnc(NC(C)CO)nc1-c1c[nH]c(C(=O)NCCc2ccccc2O)c1. The minimum atomic E-state index is -0.231. The number of rotatable bonds is 8. The summed E-state index contributed by atoms with van der Waals surface area (Å²) in [5.41, 5.74) is 3.56. The monoisotopic (exact) mass is 395 g/mol. The summed E-state index contributed by atoms with van der Waals surface area (Å²) in [6.07, 6.45) is 3.97. The first-order chi connectivity index (χ1) is 14.0. The summed E-state index contributed by atoms with van der Waals surface area (Å²) in [6, 6.07) is 8.64. The van der Waals surface area contributed by atoms with Gasteiger partial charge in [-0.3, -0.25) is 4.79 Å². The first-order valence-electron chi connectivity index (χ1n) is 9.43. The van der Waals surface area contributed by atoms with E-state index >= 15 is 0 Å².